The van der Waals surface area contributed by atoms with Crippen LogP contribution in [0.1, 0.15) is 25.0 Å². The largest absolute Gasteiger partial charge is 0.493 e. The van der Waals surface area contributed by atoms with Crippen LogP contribution >= 0.6 is 0 Å². The molecule has 2 aromatic carbocycles. The standard InChI is InChI=1S/C22H29NO8S2/c1-4-29-21(22(24)30-5-2)16-18-8-12-20(13-9-18)31-15-14-17-6-10-19(11-7-17)23-33(27,28)32(3,25)26/h6-13,21,23H,4-5,14-16H2,1-3H3. The zero-order valence-corrected chi connectivity index (χ0v) is 20.4. The van der Waals surface area contributed by atoms with Gasteiger partial charge in [0.25, 0.3) is 8.87 Å². The number of rotatable bonds is 13. The van der Waals surface area contributed by atoms with Gasteiger partial charge in [-0.15, -0.1) is 0 Å². The van der Waals surface area contributed by atoms with Gasteiger partial charge in [0.05, 0.1) is 19.5 Å². The second-order valence-corrected chi connectivity index (χ2v) is 12.8. The van der Waals surface area contributed by atoms with E-state index < -0.39 is 24.0 Å². The van der Waals surface area contributed by atoms with Crippen LogP contribution in [0.4, 0.5) is 5.69 Å². The molecule has 0 radical (unpaired) electrons. The Morgan fingerprint density at radius 2 is 1.52 bits per heavy atom. The lowest BCUT2D eigenvalue weighted by Gasteiger charge is -2.15. The lowest BCUT2D eigenvalue weighted by Crippen LogP contribution is -2.28. The lowest BCUT2D eigenvalue weighted by atomic mass is 10.1. The highest BCUT2D eigenvalue weighted by molar-refractivity contribution is 8.67. The molecule has 1 atom stereocenters. The van der Waals surface area contributed by atoms with Gasteiger partial charge < -0.3 is 14.2 Å². The maximum absolute atomic E-state index is 12.0. The van der Waals surface area contributed by atoms with Crippen molar-refractivity contribution >= 4 is 29.6 Å². The fourth-order valence-electron chi connectivity index (χ4n) is 2.83. The van der Waals surface area contributed by atoms with E-state index in [1.54, 1.807) is 19.1 Å². The Kier molecular flexibility index (Phi) is 9.69. The van der Waals surface area contributed by atoms with Gasteiger partial charge in [-0.2, -0.15) is 8.42 Å². The van der Waals surface area contributed by atoms with E-state index in [4.69, 9.17) is 14.2 Å². The Balaban J connectivity index is 1.86. The Bertz CT molecular complexity index is 1110. The van der Waals surface area contributed by atoms with Crippen molar-refractivity contribution in [2.45, 2.75) is 32.8 Å². The summed E-state index contributed by atoms with van der Waals surface area (Å²) in [5.41, 5.74) is 1.97. The molecular formula is C22H29NO8S2. The first-order valence-electron chi connectivity index (χ1n) is 10.4. The van der Waals surface area contributed by atoms with Crippen molar-refractivity contribution in [3.8, 4) is 5.75 Å². The van der Waals surface area contributed by atoms with Crippen LogP contribution in [-0.4, -0.2) is 55.0 Å². The molecule has 0 aliphatic heterocycles. The number of nitrogens with one attached hydrogen (secondary N) is 1. The summed E-state index contributed by atoms with van der Waals surface area (Å²) in [6.45, 7) is 4.67. The van der Waals surface area contributed by atoms with Crippen LogP contribution in [-0.2, 0) is 45.0 Å². The molecule has 0 spiro atoms. The minimum atomic E-state index is -4.48. The Morgan fingerprint density at radius 1 is 0.909 bits per heavy atom. The van der Waals surface area contributed by atoms with Gasteiger partial charge in [0, 0.05) is 25.1 Å². The molecule has 182 valence electrons. The fourth-order valence-corrected chi connectivity index (χ4v) is 4.15. The molecule has 11 heteroatoms. The third-order valence-electron chi connectivity index (χ3n) is 4.52. The molecular weight excluding hydrogens is 470 g/mol. The highest BCUT2D eigenvalue weighted by atomic mass is 33.2. The molecule has 2 rings (SSSR count). The minimum Gasteiger partial charge on any atom is -0.493 e. The molecule has 0 saturated carbocycles. The summed E-state index contributed by atoms with van der Waals surface area (Å²) in [6.07, 6.45) is 0.954. The van der Waals surface area contributed by atoms with Gasteiger partial charge in [-0.1, -0.05) is 24.3 Å². The Hall–Kier alpha value is -2.63. The van der Waals surface area contributed by atoms with Gasteiger partial charge in [-0.25, -0.2) is 13.2 Å². The molecule has 0 saturated heterocycles. The third kappa shape index (κ3) is 8.34. The molecule has 0 aromatic heterocycles. The van der Waals surface area contributed by atoms with E-state index in [-0.39, 0.29) is 11.7 Å². The van der Waals surface area contributed by atoms with E-state index in [0.29, 0.717) is 44.7 Å². The summed E-state index contributed by atoms with van der Waals surface area (Å²) in [7, 11) is -8.74. The number of carbonyl (C=O) groups is 1. The lowest BCUT2D eigenvalue weighted by molar-refractivity contribution is -0.156. The van der Waals surface area contributed by atoms with E-state index in [0.717, 1.165) is 11.1 Å². The summed E-state index contributed by atoms with van der Waals surface area (Å²) in [5, 5.41) is 0. The van der Waals surface area contributed by atoms with Crippen LogP contribution in [0.3, 0.4) is 0 Å². The molecule has 1 N–H and O–H groups in total. The molecule has 1 unspecified atom stereocenters. The van der Waals surface area contributed by atoms with Crippen molar-refractivity contribution in [2.24, 2.45) is 0 Å². The van der Waals surface area contributed by atoms with Crippen molar-refractivity contribution in [1.82, 2.24) is 0 Å². The van der Waals surface area contributed by atoms with Gasteiger partial charge in [-0.3, -0.25) is 4.72 Å². The highest BCUT2D eigenvalue weighted by Gasteiger charge is 2.24. The Morgan fingerprint density at radius 3 is 2.06 bits per heavy atom. The van der Waals surface area contributed by atoms with Crippen molar-refractivity contribution < 1.29 is 35.8 Å². The van der Waals surface area contributed by atoms with E-state index in [1.165, 1.54) is 12.1 Å². The second-order valence-electron chi connectivity index (χ2n) is 7.10. The highest BCUT2D eigenvalue weighted by Crippen LogP contribution is 2.17. The maximum Gasteiger partial charge on any atom is 0.338 e. The third-order valence-corrected chi connectivity index (χ3v) is 8.44. The molecule has 0 bridgehead atoms. The summed E-state index contributed by atoms with van der Waals surface area (Å²) in [5.74, 6) is 0.287. The van der Waals surface area contributed by atoms with Crippen molar-refractivity contribution in [2.75, 3.05) is 30.8 Å². The number of carbonyl (C=O) groups excluding carboxylic acids is 1. The quantitative estimate of drug-likeness (QED) is 0.329. The monoisotopic (exact) mass is 499 g/mol. The van der Waals surface area contributed by atoms with Crippen LogP contribution in [0.25, 0.3) is 0 Å². The average molecular weight is 500 g/mol. The number of anilines is 1. The molecule has 9 nitrogen and oxygen atoms in total. The van der Waals surface area contributed by atoms with E-state index in [9.17, 15) is 21.6 Å². The smallest absolute Gasteiger partial charge is 0.338 e. The normalized spacial score (nSPS) is 12.7. The summed E-state index contributed by atoms with van der Waals surface area (Å²) < 4.78 is 64.2. The molecule has 0 aliphatic rings. The molecule has 2 aromatic rings. The zero-order chi connectivity index (χ0) is 24.5. The number of esters is 1. The van der Waals surface area contributed by atoms with Gasteiger partial charge in [-0.05, 0) is 49.2 Å². The van der Waals surface area contributed by atoms with Gasteiger partial charge in [0.1, 0.15) is 5.75 Å². The van der Waals surface area contributed by atoms with Crippen molar-refractivity contribution in [3.63, 3.8) is 0 Å². The molecule has 0 aliphatic carbocycles. The van der Waals surface area contributed by atoms with Crippen molar-refractivity contribution in [3.05, 3.63) is 59.7 Å². The number of ether oxygens (including phenoxy) is 3. The maximum atomic E-state index is 12.0. The van der Waals surface area contributed by atoms with Gasteiger partial charge in [0.15, 0.2) is 6.10 Å². The topological polar surface area (TPSA) is 125 Å². The van der Waals surface area contributed by atoms with Gasteiger partial charge >= 0.3 is 15.0 Å². The second kappa shape index (κ2) is 12.0. The number of benzene rings is 2. The predicted octanol–water partition coefficient (Wildman–Crippen LogP) is 2.52. The van der Waals surface area contributed by atoms with Crippen LogP contribution in [0.5, 0.6) is 5.75 Å². The number of hydrogen-bond donors (Lipinski definition) is 1. The van der Waals surface area contributed by atoms with Crippen LogP contribution in [0, 0.1) is 0 Å². The molecule has 0 heterocycles. The van der Waals surface area contributed by atoms with Crippen LogP contribution < -0.4 is 9.46 Å². The van der Waals surface area contributed by atoms with E-state index >= 15 is 0 Å². The van der Waals surface area contributed by atoms with Gasteiger partial charge in [0.2, 0.25) is 0 Å². The minimum absolute atomic E-state index is 0.161. The summed E-state index contributed by atoms with van der Waals surface area (Å²) in [6, 6.07) is 13.7. The summed E-state index contributed by atoms with van der Waals surface area (Å²) >= 11 is 0. The van der Waals surface area contributed by atoms with Crippen LogP contribution in [0.2, 0.25) is 0 Å². The first-order chi connectivity index (χ1) is 15.6. The number of hydrogen-bond acceptors (Lipinski definition) is 8. The Labute approximate surface area is 194 Å². The molecule has 33 heavy (non-hydrogen) atoms. The van der Waals surface area contributed by atoms with Crippen LogP contribution in [0.15, 0.2) is 48.5 Å². The molecule has 0 amide bonds. The van der Waals surface area contributed by atoms with E-state index in [1.807, 2.05) is 35.9 Å². The zero-order valence-electron chi connectivity index (χ0n) is 18.8. The summed E-state index contributed by atoms with van der Waals surface area (Å²) in [4.78, 5) is 12.0. The SMILES string of the molecule is CCOC(=O)C(Cc1ccc(OCCc2ccc(NS(=O)(=O)S(C)(=O)=O)cc2)cc1)OCC. The van der Waals surface area contributed by atoms with E-state index in [2.05, 4.69) is 0 Å². The molecule has 0 fully saturated rings. The predicted molar refractivity (Wildman–Crippen MR) is 125 cm³/mol. The fraction of sp³-hybridized carbons (Fsp3) is 0.409. The average Bonchev–Trinajstić information content (AvgIpc) is 2.75. The first-order valence-corrected chi connectivity index (χ1v) is 14.3. The first kappa shape index (κ1) is 26.6. The van der Waals surface area contributed by atoms with Crippen molar-refractivity contribution in [1.29, 1.82) is 0 Å².